The number of hydrogen-bond acceptors (Lipinski definition) is 5. The molecule has 1 aromatic rings. The molecule has 1 aliphatic carbocycles. The van der Waals surface area contributed by atoms with Gasteiger partial charge in [-0.25, -0.2) is 4.98 Å². The number of nitrogens with zero attached hydrogens (tertiary/aromatic N) is 4. The van der Waals surface area contributed by atoms with Gasteiger partial charge in [-0.2, -0.15) is 4.73 Å². The van der Waals surface area contributed by atoms with Crippen LogP contribution in [0.15, 0.2) is 66.9 Å². The Labute approximate surface area is 249 Å². The van der Waals surface area contributed by atoms with Crippen molar-refractivity contribution in [3.63, 3.8) is 0 Å². The van der Waals surface area contributed by atoms with Gasteiger partial charge in [0.2, 0.25) is 0 Å². The molecule has 0 radical (unpaired) electrons. The van der Waals surface area contributed by atoms with Crippen LogP contribution in [0.4, 0.5) is 0 Å². The third kappa shape index (κ3) is 4.13. The van der Waals surface area contributed by atoms with Crippen LogP contribution in [0.25, 0.3) is 27.7 Å². The second-order valence-electron chi connectivity index (χ2n) is 13.7. The van der Waals surface area contributed by atoms with Crippen LogP contribution in [0.2, 0.25) is 0 Å². The molecule has 6 atom stereocenters. The Bertz CT molecular complexity index is 1540. The van der Waals surface area contributed by atoms with Gasteiger partial charge in [-0.1, -0.05) is 42.5 Å². The van der Waals surface area contributed by atoms with Crippen LogP contribution in [0, 0.1) is 11.3 Å². The van der Waals surface area contributed by atoms with E-state index in [1.54, 1.807) is 6.20 Å². The molecule has 7 aliphatic rings. The molecular weight excluding hydrogens is 520 g/mol. The molecule has 2 N–H and O–H groups in total. The lowest BCUT2D eigenvalue weighted by Crippen LogP contribution is -2.65. The number of para-hydroxylation sites is 1. The zero-order valence-corrected chi connectivity index (χ0v) is 24.7. The van der Waals surface area contributed by atoms with E-state index in [0.29, 0.717) is 12.5 Å². The Hall–Kier alpha value is -2.93. The smallest absolute Gasteiger partial charge is 0.109 e. The van der Waals surface area contributed by atoms with Crippen molar-refractivity contribution in [1.29, 1.82) is 0 Å². The summed E-state index contributed by atoms with van der Waals surface area (Å²) in [5, 5.41) is 25.7. The van der Waals surface area contributed by atoms with E-state index < -0.39 is 5.60 Å². The van der Waals surface area contributed by atoms with Crippen LogP contribution in [-0.2, 0) is 0 Å². The summed E-state index contributed by atoms with van der Waals surface area (Å²) in [5.41, 5.74) is 3.63. The monoisotopic (exact) mass is 564 g/mol. The SMILES string of the molecule is On1ccc2c3ccccc3nc-2c1C1=C[C@@]2(O)CC/C=C\CCCCN3CC[C@@H]1[C@]1(CC4C=CCCCCN4[C@H]12)C3. The molecule has 220 valence electrons. The number of rotatable bonds is 1. The average molecular weight is 565 g/mol. The second kappa shape index (κ2) is 10.4. The normalized spacial score (nSPS) is 36.3. The highest BCUT2D eigenvalue weighted by atomic mass is 16.5. The molecule has 1 aromatic carbocycles. The van der Waals surface area contributed by atoms with Crippen molar-refractivity contribution >= 4 is 16.5 Å². The van der Waals surface area contributed by atoms with Gasteiger partial charge in [0, 0.05) is 35.1 Å². The molecule has 2 fully saturated rings. The van der Waals surface area contributed by atoms with Crippen LogP contribution in [0.1, 0.15) is 69.9 Å². The first kappa shape index (κ1) is 26.7. The van der Waals surface area contributed by atoms with Crippen molar-refractivity contribution < 1.29 is 10.3 Å². The van der Waals surface area contributed by atoms with Gasteiger partial charge in [-0.05, 0) is 114 Å². The molecule has 2 saturated heterocycles. The highest BCUT2D eigenvalue weighted by Crippen LogP contribution is 2.62. The summed E-state index contributed by atoms with van der Waals surface area (Å²) < 4.78 is 1.30. The maximum Gasteiger partial charge on any atom is 0.109 e. The third-order valence-corrected chi connectivity index (χ3v) is 11.3. The average Bonchev–Trinajstić information content (AvgIpc) is 3.49. The van der Waals surface area contributed by atoms with E-state index in [1.807, 2.05) is 12.1 Å². The summed E-state index contributed by atoms with van der Waals surface area (Å²) in [6, 6.07) is 10.7. The summed E-state index contributed by atoms with van der Waals surface area (Å²) in [7, 11) is 0. The quantitative estimate of drug-likeness (QED) is 0.260. The van der Waals surface area contributed by atoms with Gasteiger partial charge < -0.3 is 15.2 Å². The zero-order valence-electron chi connectivity index (χ0n) is 24.7. The predicted molar refractivity (Wildman–Crippen MR) is 168 cm³/mol. The van der Waals surface area contributed by atoms with Crippen LogP contribution < -0.4 is 0 Å². The Morgan fingerprint density at radius 3 is 2.67 bits per heavy atom. The standard InChI is InChI=1S/C36H44N4O2/c41-36-18-10-4-1-2-5-11-19-38-21-17-30(35(25-38)23-26-13-7-3-6-12-20-39(26)34(35)36)29(24-36)33-32-28(16-22-40(33)42)27-14-8-9-15-31(27)37-32/h1,4,7-9,13-16,22,24,26,30,34,41-42H,2-3,5-6,10-12,17-21,23,25H2/b4-1-,13-7?/t26?,30-,34+,35-,36-/m0/s1. The molecule has 3 bridgehead atoms. The van der Waals surface area contributed by atoms with E-state index in [0.717, 1.165) is 91.7 Å². The lowest BCUT2D eigenvalue weighted by Gasteiger charge is -2.58. The fourth-order valence-corrected chi connectivity index (χ4v) is 9.65. The number of hydrogen-bond donors (Lipinski definition) is 2. The summed E-state index contributed by atoms with van der Waals surface area (Å²) in [6.07, 6.45) is 24.2. The first-order chi connectivity index (χ1) is 20.6. The molecule has 6 aliphatic heterocycles. The topological polar surface area (TPSA) is 64.8 Å². The Balaban J connectivity index is 1.35. The first-order valence-corrected chi connectivity index (χ1v) is 16.4. The Morgan fingerprint density at radius 1 is 0.905 bits per heavy atom. The number of aliphatic hydroxyl groups is 1. The summed E-state index contributed by atoms with van der Waals surface area (Å²) in [5.74, 6) is 0.241. The highest BCUT2D eigenvalue weighted by Gasteiger charge is 2.65. The molecule has 6 heterocycles. The second-order valence-corrected chi connectivity index (χ2v) is 13.7. The first-order valence-electron chi connectivity index (χ1n) is 16.4. The molecule has 6 heteroatoms. The summed E-state index contributed by atoms with van der Waals surface area (Å²) in [6.45, 7) is 4.23. The predicted octanol–water partition coefficient (Wildman–Crippen LogP) is 6.52. The Morgan fingerprint density at radius 2 is 1.74 bits per heavy atom. The fraction of sp³-hybridized carbons (Fsp3) is 0.528. The van der Waals surface area contributed by atoms with E-state index in [-0.39, 0.29) is 17.4 Å². The summed E-state index contributed by atoms with van der Waals surface area (Å²) >= 11 is 0. The minimum absolute atomic E-state index is 0.0569. The number of aromatic nitrogens is 2. The maximum absolute atomic E-state index is 13.1. The lowest BCUT2D eigenvalue weighted by atomic mass is 9.54. The number of allylic oxidation sites excluding steroid dienone is 4. The fourth-order valence-electron chi connectivity index (χ4n) is 9.65. The molecule has 42 heavy (non-hydrogen) atoms. The van der Waals surface area contributed by atoms with Gasteiger partial charge in [-0.3, -0.25) is 4.90 Å². The molecule has 0 aromatic heterocycles. The number of benzene rings is 1. The number of piperidine rings is 1. The van der Waals surface area contributed by atoms with Gasteiger partial charge in [0.1, 0.15) is 5.69 Å². The van der Waals surface area contributed by atoms with Gasteiger partial charge in [0.05, 0.1) is 22.9 Å². The third-order valence-electron chi connectivity index (χ3n) is 11.3. The van der Waals surface area contributed by atoms with E-state index in [2.05, 4.69) is 58.4 Å². The van der Waals surface area contributed by atoms with Crippen LogP contribution >= 0.6 is 0 Å². The highest BCUT2D eigenvalue weighted by molar-refractivity contribution is 6.00. The molecule has 8 rings (SSSR count). The largest absolute Gasteiger partial charge is 0.428 e. The van der Waals surface area contributed by atoms with Crippen molar-refractivity contribution in [2.45, 2.75) is 81.9 Å². The molecule has 6 nitrogen and oxygen atoms in total. The van der Waals surface area contributed by atoms with Crippen LogP contribution in [-0.4, -0.2) is 73.7 Å². The Kier molecular flexibility index (Phi) is 6.58. The van der Waals surface area contributed by atoms with E-state index in [4.69, 9.17) is 4.98 Å². The minimum atomic E-state index is -1.00. The van der Waals surface area contributed by atoms with Gasteiger partial charge in [0.25, 0.3) is 0 Å². The zero-order chi connectivity index (χ0) is 28.3. The molecule has 1 spiro atoms. The minimum Gasteiger partial charge on any atom is -0.428 e. The van der Waals surface area contributed by atoms with E-state index in [9.17, 15) is 10.3 Å². The van der Waals surface area contributed by atoms with Crippen molar-refractivity contribution in [3.05, 3.63) is 72.6 Å². The van der Waals surface area contributed by atoms with Crippen molar-refractivity contribution in [3.8, 4) is 11.3 Å². The van der Waals surface area contributed by atoms with Crippen LogP contribution in [0.5, 0.6) is 0 Å². The maximum atomic E-state index is 13.1. The summed E-state index contributed by atoms with van der Waals surface area (Å²) in [4.78, 5) is 10.5. The molecule has 0 amide bonds. The van der Waals surface area contributed by atoms with Gasteiger partial charge in [0.15, 0.2) is 0 Å². The number of fused-ring (bicyclic) bond motifs is 5. The molecular formula is C36H44N4O2. The molecule has 0 saturated carbocycles. The van der Waals surface area contributed by atoms with Gasteiger partial charge in [-0.15, -0.1) is 0 Å². The van der Waals surface area contributed by atoms with E-state index in [1.165, 1.54) is 30.4 Å². The molecule has 2 unspecified atom stereocenters. The van der Waals surface area contributed by atoms with Crippen molar-refractivity contribution in [2.24, 2.45) is 11.3 Å². The number of pyridine rings is 1. The van der Waals surface area contributed by atoms with E-state index >= 15 is 0 Å². The van der Waals surface area contributed by atoms with Crippen LogP contribution in [0.3, 0.4) is 0 Å². The van der Waals surface area contributed by atoms with Crippen molar-refractivity contribution in [2.75, 3.05) is 26.2 Å². The van der Waals surface area contributed by atoms with Gasteiger partial charge >= 0.3 is 0 Å². The van der Waals surface area contributed by atoms with Crippen molar-refractivity contribution in [1.82, 2.24) is 19.5 Å². The lowest BCUT2D eigenvalue weighted by molar-refractivity contribution is -0.0897.